The fraction of sp³-hybridized carbons (Fsp3) is 0.111. The molecule has 1 aromatic heterocycles. The molecular formula is C18H12F6N6O. The Labute approximate surface area is 170 Å². The predicted molar refractivity (Wildman–Crippen MR) is 98.9 cm³/mol. The number of alkyl halides is 6. The summed E-state index contributed by atoms with van der Waals surface area (Å²) in [4.78, 5) is 11.6. The number of benzene rings is 2. The van der Waals surface area contributed by atoms with Crippen molar-refractivity contribution in [2.75, 3.05) is 10.7 Å². The smallest absolute Gasteiger partial charge is 0.406 e. The molecular weight excluding hydrogens is 430 g/mol. The standard InChI is InChI=1S/C18H12F6N6O/c19-17(20,21)12-2-1-3-13(8-12)28-15-25-10-26-16(29-15)30-27-9-11-4-6-14(7-5-11)31-18(22,23)24/h1-10H,(H2,25,26,28,29,30)/b27-9+. The van der Waals surface area contributed by atoms with E-state index in [1.165, 1.54) is 30.5 Å². The number of hydrazone groups is 1. The van der Waals surface area contributed by atoms with Gasteiger partial charge in [0.1, 0.15) is 12.1 Å². The Bertz CT molecular complexity index is 1050. The Balaban J connectivity index is 1.62. The number of ether oxygens (including phenoxy) is 1. The summed E-state index contributed by atoms with van der Waals surface area (Å²) in [5.74, 6) is -0.418. The van der Waals surface area contributed by atoms with Crippen molar-refractivity contribution in [2.24, 2.45) is 5.10 Å². The number of aromatic nitrogens is 3. The summed E-state index contributed by atoms with van der Waals surface area (Å²) in [6, 6.07) is 9.42. The van der Waals surface area contributed by atoms with E-state index in [0.717, 1.165) is 30.6 Å². The third kappa shape index (κ3) is 6.83. The summed E-state index contributed by atoms with van der Waals surface area (Å²) in [6.45, 7) is 0. The molecule has 3 rings (SSSR count). The number of halogens is 6. The van der Waals surface area contributed by atoms with Crippen molar-refractivity contribution in [1.82, 2.24) is 15.0 Å². The molecule has 2 N–H and O–H groups in total. The van der Waals surface area contributed by atoms with E-state index >= 15 is 0 Å². The molecule has 0 saturated heterocycles. The minimum atomic E-state index is -4.78. The van der Waals surface area contributed by atoms with Gasteiger partial charge in [0.05, 0.1) is 11.8 Å². The normalized spacial score (nSPS) is 12.1. The second kappa shape index (κ2) is 8.85. The summed E-state index contributed by atoms with van der Waals surface area (Å²) in [5, 5.41) is 6.47. The quantitative estimate of drug-likeness (QED) is 0.318. The first kappa shape index (κ1) is 21.8. The van der Waals surface area contributed by atoms with Crippen LogP contribution >= 0.6 is 0 Å². The van der Waals surface area contributed by atoms with Gasteiger partial charge in [0.2, 0.25) is 11.9 Å². The maximum Gasteiger partial charge on any atom is 0.573 e. The van der Waals surface area contributed by atoms with Gasteiger partial charge in [-0.3, -0.25) is 0 Å². The van der Waals surface area contributed by atoms with E-state index in [1.807, 2.05) is 0 Å². The van der Waals surface area contributed by atoms with Crippen LogP contribution in [0.4, 0.5) is 43.9 Å². The number of nitrogens with zero attached hydrogens (tertiary/aromatic N) is 4. The van der Waals surface area contributed by atoms with Gasteiger partial charge in [0, 0.05) is 5.69 Å². The van der Waals surface area contributed by atoms with Gasteiger partial charge in [-0.2, -0.15) is 28.2 Å². The lowest BCUT2D eigenvalue weighted by Gasteiger charge is -2.09. The van der Waals surface area contributed by atoms with E-state index in [2.05, 4.69) is 35.5 Å². The Kier molecular flexibility index (Phi) is 6.22. The van der Waals surface area contributed by atoms with Crippen LogP contribution in [0.3, 0.4) is 0 Å². The molecule has 0 saturated carbocycles. The largest absolute Gasteiger partial charge is 0.573 e. The van der Waals surface area contributed by atoms with Crippen LogP contribution in [0.25, 0.3) is 0 Å². The zero-order chi connectivity index (χ0) is 22.5. The van der Waals surface area contributed by atoms with Gasteiger partial charge in [0.15, 0.2) is 0 Å². The van der Waals surface area contributed by atoms with Gasteiger partial charge in [0.25, 0.3) is 0 Å². The predicted octanol–water partition coefficient (Wildman–Crippen LogP) is 4.98. The van der Waals surface area contributed by atoms with Gasteiger partial charge in [-0.25, -0.2) is 10.4 Å². The van der Waals surface area contributed by atoms with E-state index in [4.69, 9.17) is 0 Å². The molecule has 0 fully saturated rings. The highest BCUT2D eigenvalue weighted by Gasteiger charge is 2.31. The third-order valence-electron chi connectivity index (χ3n) is 3.51. The van der Waals surface area contributed by atoms with Crippen LogP contribution < -0.4 is 15.5 Å². The van der Waals surface area contributed by atoms with E-state index < -0.39 is 18.1 Å². The van der Waals surface area contributed by atoms with Crippen LogP contribution in [-0.4, -0.2) is 27.5 Å². The number of hydrogen-bond acceptors (Lipinski definition) is 7. The number of nitrogens with one attached hydrogen (secondary N) is 2. The fourth-order valence-corrected chi connectivity index (χ4v) is 2.23. The summed E-state index contributed by atoms with van der Waals surface area (Å²) in [7, 11) is 0. The molecule has 162 valence electrons. The molecule has 7 nitrogen and oxygen atoms in total. The summed E-state index contributed by atoms with van der Waals surface area (Å²) in [6.07, 6.45) is -6.87. The zero-order valence-corrected chi connectivity index (χ0v) is 15.2. The molecule has 2 aromatic carbocycles. The van der Waals surface area contributed by atoms with Gasteiger partial charge < -0.3 is 10.1 Å². The molecule has 0 amide bonds. The monoisotopic (exact) mass is 442 g/mol. The third-order valence-corrected chi connectivity index (χ3v) is 3.51. The number of anilines is 3. The molecule has 1 heterocycles. The van der Waals surface area contributed by atoms with Crippen molar-refractivity contribution in [1.29, 1.82) is 0 Å². The van der Waals surface area contributed by atoms with Crippen molar-refractivity contribution < 1.29 is 31.1 Å². The topological polar surface area (TPSA) is 84.3 Å². The van der Waals surface area contributed by atoms with E-state index in [-0.39, 0.29) is 23.3 Å². The Morgan fingerprint density at radius 2 is 1.61 bits per heavy atom. The van der Waals surface area contributed by atoms with E-state index in [1.54, 1.807) is 0 Å². The highest BCUT2D eigenvalue weighted by Crippen LogP contribution is 2.31. The van der Waals surface area contributed by atoms with Crippen molar-refractivity contribution in [3.8, 4) is 5.75 Å². The lowest BCUT2D eigenvalue weighted by atomic mass is 10.2. The Morgan fingerprint density at radius 3 is 2.29 bits per heavy atom. The summed E-state index contributed by atoms with van der Waals surface area (Å²) >= 11 is 0. The zero-order valence-electron chi connectivity index (χ0n) is 15.2. The van der Waals surface area contributed by atoms with Gasteiger partial charge >= 0.3 is 12.5 Å². The fourth-order valence-electron chi connectivity index (χ4n) is 2.23. The average molecular weight is 442 g/mol. The number of rotatable bonds is 6. The maximum absolute atomic E-state index is 12.8. The Morgan fingerprint density at radius 1 is 0.903 bits per heavy atom. The van der Waals surface area contributed by atoms with Crippen molar-refractivity contribution >= 4 is 23.8 Å². The molecule has 0 aliphatic heterocycles. The van der Waals surface area contributed by atoms with Crippen LogP contribution in [0, 0.1) is 0 Å². The first-order valence-electron chi connectivity index (χ1n) is 8.37. The average Bonchev–Trinajstić information content (AvgIpc) is 2.68. The Hall–Kier alpha value is -3.90. The maximum atomic E-state index is 12.8. The summed E-state index contributed by atoms with van der Waals surface area (Å²) in [5.41, 5.74) is 2.23. The lowest BCUT2D eigenvalue weighted by molar-refractivity contribution is -0.274. The molecule has 3 aromatic rings. The highest BCUT2D eigenvalue weighted by atomic mass is 19.4. The molecule has 0 spiro atoms. The molecule has 0 aliphatic carbocycles. The molecule has 31 heavy (non-hydrogen) atoms. The van der Waals surface area contributed by atoms with Crippen LogP contribution in [0.2, 0.25) is 0 Å². The second-order valence-electron chi connectivity index (χ2n) is 5.82. The molecule has 0 radical (unpaired) electrons. The van der Waals surface area contributed by atoms with Crippen molar-refractivity contribution in [3.05, 3.63) is 66.0 Å². The SMILES string of the molecule is FC(F)(F)Oc1ccc(/C=N/Nc2ncnc(Nc3cccc(C(F)(F)F)c3)n2)cc1. The molecule has 0 bridgehead atoms. The first-order valence-corrected chi connectivity index (χ1v) is 8.37. The van der Waals surface area contributed by atoms with Gasteiger partial charge in [-0.1, -0.05) is 6.07 Å². The van der Waals surface area contributed by atoms with E-state index in [0.29, 0.717) is 5.56 Å². The van der Waals surface area contributed by atoms with Crippen molar-refractivity contribution in [3.63, 3.8) is 0 Å². The van der Waals surface area contributed by atoms with Crippen LogP contribution in [0.15, 0.2) is 60.0 Å². The minimum absolute atomic E-state index is 0.0160. The molecule has 0 atom stereocenters. The highest BCUT2D eigenvalue weighted by molar-refractivity contribution is 5.80. The lowest BCUT2D eigenvalue weighted by Crippen LogP contribution is -2.17. The molecule has 13 heteroatoms. The van der Waals surface area contributed by atoms with Crippen LogP contribution in [0.5, 0.6) is 5.75 Å². The van der Waals surface area contributed by atoms with Crippen LogP contribution in [0.1, 0.15) is 11.1 Å². The van der Waals surface area contributed by atoms with Gasteiger partial charge in [-0.15, -0.1) is 13.2 Å². The van der Waals surface area contributed by atoms with Crippen LogP contribution in [-0.2, 0) is 6.18 Å². The number of hydrogen-bond donors (Lipinski definition) is 2. The van der Waals surface area contributed by atoms with Crippen molar-refractivity contribution in [2.45, 2.75) is 12.5 Å². The second-order valence-corrected chi connectivity index (χ2v) is 5.82. The van der Waals surface area contributed by atoms with Gasteiger partial charge in [-0.05, 0) is 48.0 Å². The molecule has 0 aliphatic rings. The van der Waals surface area contributed by atoms with E-state index in [9.17, 15) is 26.3 Å². The summed E-state index contributed by atoms with van der Waals surface area (Å²) < 4.78 is 78.6. The minimum Gasteiger partial charge on any atom is -0.406 e. The molecule has 0 unspecified atom stereocenters. The first-order chi connectivity index (χ1) is 14.6.